The molecule has 3 aromatic rings. The Hall–Kier alpha value is -2.83. The second kappa shape index (κ2) is 5.51. The summed E-state index contributed by atoms with van der Waals surface area (Å²) < 4.78 is 19.7. The molecule has 0 saturated heterocycles. The van der Waals surface area contributed by atoms with E-state index in [1.165, 1.54) is 19.2 Å². The number of hydrogen-bond acceptors (Lipinski definition) is 4. The highest BCUT2D eigenvalue weighted by molar-refractivity contribution is 5.87. The lowest BCUT2D eigenvalue weighted by molar-refractivity contribution is 0.0595. The number of aromatic amines is 1. The average molecular weight is 302 g/mol. The molecule has 0 bridgehead atoms. The van der Waals surface area contributed by atoms with Gasteiger partial charge in [-0.25, -0.2) is 14.2 Å². The predicted octanol–water partition coefficient (Wildman–Crippen LogP) is 2.44. The van der Waals surface area contributed by atoms with Crippen molar-refractivity contribution in [3.05, 3.63) is 47.5 Å². The van der Waals surface area contributed by atoms with E-state index in [9.17, 15) is 9.18 Å². The van der Waals surface area contributed by atoms with E-state index in [1.807, 2.05) is 11.6 Å². The van der Waals surface area contributed by atoms with E-state index >= 15 is 0 Å². The quantitative estimate of drug-likeness (QED) is 0.726. The first-order valence-electron chi connectivity index (χ1n) is 6.70. The molecule has 0 radical (unpaired) electrons. The number of halogens is 1. The van der Waals surface area contributed by atoms with E-state index in [1.54, 1.807) is 18.3 Å². The second-order valence-electron chi connectivity index (χ2n) is 4.89. The van der Waals surface area contributed by atoms with Crippen molar-refractivity contribution < 1.29 is 13.9 Å². The number of carbonyl (C=O) groups excluding carboxylic acids is 1. The first kappa shape index (κ1) is 14.1. The summed E-state index contributed by atoms with van der Waals surface area (Å²) in [6.45, 7) is 0.479. The summed E-state index contributed by atoms with van der Waals surface area (Å²) in [5.74, 6) is -0.101. The van der Waals surface area contributed by atoms with E-state index in [2.05, 4.69) is 20.0 Å². The van der Waals surface area contributed by atoms with Crippen molar-refractivity contribution in [2.45, 2.75) is 6.54 Å². The number of nitrogens with one attached hydrogen (secondary N) is 2. The Morgan fingerprint density at radius 2 is 2.27 bits per heavy atom. The number of anilines is 1. The lowest BCUT2D eigenvalue weighted by atomic mass is 10.3. The van der Waals surface area contributed by atoms with Gasteiger partial charge in [-0.05, 0) is 23.8 Å². The molecule has 2 heterocycles. The summed E-state index contributed by atoms with van der Waals surface area (Å²) in [6, 6.07) is 6.20. The number of benzene rings is 1. The van der Waals surface area contributed by atoms with Crippen LogP contribution in [0.4, 0.5) is 10.3 Å². The Morgan fingerprint density at radius 1 is 1.45 bits per heavy atom. The van der Waals surface area contributed by atoms with Crippen molar-refractivity contribution in [1.82, 2.24) is 14.5 Å². The van der Waals surface area contributed by atoms with E-state index < -0.39 is 5.97 Å². The van der Waals surface area contributed by atoms with Gasteiger partial charge in [-0.3, -0.25) is 0 Å². The fourth-order valence-electron chi connectivity index (χ4n) is 2.28. The zero-order valence-electron chi connectivity index (χ0n) is 12.2. The number of nitrogens with zero attached hydrogens (tertiary/aromatic N) is 2. The summed E-state index contributed by atoms with van der Waals surface area (Å²) >= 11 is 0. The summed E-state index contributed by atoms with van der Waals surface area (Å²) in [5.41, 5.74) is 2.72. The first-order chi connectivity index (χ1) is 10.6. The van der Waals surface area contributed by atoms with Gasteiger partial charge < -0.3 is 19.6 Å². The Morgan fingerprint density at radius 3 is 3.05 bits per heavy atom. The molecule has 0 aliphatic carbocycles. The molecule has 0 aliphatic rings. The monoisotopic (exact) mass is 302 g/mol. The van der Waals surface area contributed by atoms with Gasteiger partial charge in [0.2, 0.25) is 5.95 Å². The largest absolute Gasteiger partial charge is 0.464 e. The smallest absolute Gasteiger partial charge is 0.354 e. The standard InChI is InChI=1S/C15H15FN4O2/c1-20-13-4-3-10(16)6-11(13)19-15(20)18-8-9-5-12(17-7-9)14(21)22-2/h3-7,17H,8H2,1-2H3,(H,18,19). The number of H-pyrrole nitrogens is 1. The fraction of sp³-hybridized carbons (Fsp3) is 0.200. The van der Waals surface area contributed by atoms with E-state index in [0.29, 0.717) is 23.7 Å². The Kier molecular flexibility index (Phi) is 3.54. The highest BCUT2D eigenvalue weighted by Gasteiger charge is 2.10. The third-order valence-corrected chi connectivity index (χ3v) is 3.44. The number of methoxy groups -OCH3 is 1. The number of imidazole rings is 1. The van der Waals surface area contributed by atoms with Crippen molar-refractivity contribution in [2.75, 3.05) is 12.4 Å². The minimum atomic E-state index is -0.413. The maximum Gasteiger partial charge on any atom is 0.354 e. The maximum atomic E-state index is 13.2. The Bertz CT molecular complexity index is 837. The molecule has 0 spiro atoms. The first-order valence-corrected chi connectivity index (χ1v) is 6.70. The molecule has 0 aliphatic heterocycles. The maximum absolute atomic E-state index is 13.2. The lowest BCUT2D eigenvalue weighted by Crippen LogP contribution is -2.04. The number of hydrogen-bond donors (Lipinski definition) is 2. The summed E-state index contributed by atoms with van der Waals surface area (Å²) in [5, 5.41) is 3.17. The molecule has 6 nitrogen and oxygen atoms in total. The van der Waals surface area contributed by atoms with Crippen LogP contribution in [-0.2, 0) is 18.3 Å². The molecule has 3 rings (SSSR count). The van der Waals surface area contributed by atoms with Crippen molar-refractivity contribution in [3.8, 4) is 0 Å². The van der Waals surface area contributed by atoms with Crippen LogP contribution in [0.1, 0.15) is 16.1 Å². The van der Waals surface area contributed by atoms with Gasteiger partial charge in [0.1, 0.15) is 11.5 Å². The van der Waals surface area contributed by atoms with Crippen molar-refractivity contribution in [1.29, 1.82) is 0 Å². The summed E-state index contributed by atoms with van der Waals surface area (Å²) in [6.07, 6.45) is 1.72. The van der Waals surface area contributed by atoms with Crippen molar-refractivity contribution in [2.24, 2.45) is 7.05 Å². The molecule has 0 atom stereocenters. The number of aromatic nitrogens is 3. The molecule has 0 fully saturated rings. The molecule has 1 aromatic carbocycles. The van der Waals surface area contributed by atoms with Gasteiger partial charge in [-0.2, -0.15) is 0 Å². The van der Waals surface area contributed by atoms with E-state index in [4.69, 9.17) is 0 Å². The van der Waals surface area contributed by atoms with Crippen LogP contribution in [0.3, 0.4) is 0 Å². The molecular weight excluding hydrogens is 287 g/mol. The van der Waals surface area contributed by atoms with Gasteiger partial charge in [-0.15, -0.1) is 0 Å². The highest BCUT2D eigenvalue weighted by Crippen LogP contribution is 2.19. The molecule has 0 amide bonds. The number of aryl methyl sites for hydroxylation is 1. The van der Waals surface area contributed by atoms with E-state index in [-0.39, 0.29) is 5.82 Å². The van der Waals surface area contributed by atoms with Crippen LogP contribution < -0.4 is 5.32 Å². The van der Waals surface area contributed by atoms with Crippen LogP contribution in [-0.4, -0.2) is 27.6 Å². The topological polar surface area (TPSA) is 71.9 Å². The molecule has 114 valence electrons. The average Bonchev–Trinajstić information content (AvgIpc) is 3.09. The molecule has 2 N–H and O–H groups in total. The Labute approximate surface area is 125 Å². The van der Waals surface area contributed by atoms with Crippen LogP contribution in [0.15, 0.2) is 30.5 Å². The molecule has 2 aromatic heterocycles. The zero-order chi connectivity index (χ0) is 15.7. The fourth-order valence-corrected chi connectivity index (χ4v) is 2.28. The molecule has 0 unspecified atom stereocenters. The van der Waals surface area contributed by atoms with Gasteiger partial charge in [0.25, 0.3) is 0 Å². The normalized spacial score (nSPS) is 10.9. The predicted molar refractivity (Wildman–Crippen MR) is 80.1 cm³/mol. The highest BCUT2D eigenvalue weighted by atomic mass is 19.1. The third kappa shape index (κ3) is 2.52. The lowest BCUT2D eigenvalue weighted by Gasteiger charge is -2.04. The van der Waals surface area contributed by atoms with Crippen molar-refractivity contribution in [3.63, 3.8) is 0 Å². The molecule has 7 heteroatoms. The number of fused-ring (bicyclic) bond motifs is 1. The minimum Gasteiger partial charge on any atom is -0.464 e. The van der Waals surface area contributed by atoms with Crippen LogP contribution >= 0.6 is 0 Å². The zero-order valence-corrected chi connectivity index (χ0v) is 12.2. The van der Waals surface area contributed by atoms with Gasteiger partial charge in [0, 0.05) is 25.9 Å². The van der Waals surface area contributed by atoms with Crippen LogP contribution in [0.2, 0.25) is 0 Å². The summed E-state index contributed by atoms with van der Waals surface area (Å²) in [7, 11) is 3.19. The van der Waals surface area contributed by atoms with Gasteiger partial charge in [0.15, 0.2) is 0 Å². The minimum absolute atomic E-state index is 0.314. The van der Waals surface area contributed by atoms with Gasteiger partial charge in [-0.1, -0.05) is 0 Å². The summed E-state index contributed by atoms with van der Waals surface area (Å²) in [4.78, 5) is 18.6. The molecule has 0 saturated carbocycles. The number of rotatable bonds is 4. The second-order valence-corrected chi connectivity index (χ2v) is 4.89. The van der Waals surface area contributed by atoms with Gasteiger partial charge >= 0.3 is 5.97 Å². The number of ether oxygens (including phenoxy) is 1. The van der Waals surface area contributed by atoms with Gasteiger partial charge in [0.05, 0.1) is 18.1 Å². The SMILES string of the molecule is COC(=O)c1cc(CNc2nc3cc(F)ccc3n2C)c[nH]1. The van der Waals surface area contributed by atoms with E-state index in [0.717, 1.165) is 11.1 Å². The third-order valence-electron chi connectivity index (χ3n) is 3.44. The Balaban J connectivity index is 1.77. The van der Waals surface area contributed by atoms with Crippen LogP contribution in [0.25, 0.3) is 11.0 Å². The van der Waals surface area contributed by atoms with Crippen LogP contribution in [0.5, 0.6) is 0 Å². The molecule has 22 heavy (non-hydrogen) atoms. The number of carbonyl (C=O) groups is 1. The molecular formula is C15H15FN4O2. The van der Waals surface area contributed by atoms with Crippen LogP contribution in [0, 0.1) is 5.82 Å². The van der Waals surface area contributed by atoms with Crippen molar-refractivity contribution >= 4 is 23.0 Å². The number of esters is 1.